The molecule has 11 nitrogen and oxygen atoms in total. The van der Waals surface area contributed by atoms with E-state index in [1.165, 1.54) is 0 Å². The van der Waals surface area contributed by atoms with Gasteiger partial charge in [-0.1, -0.05) is 57.7 Å². The van der Waals surface area contributed by atoms with E-state index in [9.17, 15) is 24.3 Å². The third-order valence-electron chi connectivity index (χ3n) is 8.76. The number of nitrogens with one attached hydrogen (secondary N) is 4. The van der Waals surface area contributed by atoms with Crippen molar-refractivity contribution in [2.24, 2.45) is 5.92 Å². The number of fused-ring (bicyclic) bond motifs is 1. The van der Waals surface area contributed by atoms with Crippen LogP contribution in [0.3, 0.4) is 0 Å². The molecular weight excluding hydrogens is 588 g/mol. The molecule has 1 aliphatic rings. The molecule has 0 spiro atoms. The van der Waals surface area contributed by atoms with Gasteiger partial charge in [-0.2, -0.15) is 0 Å². The molecular formula is C35H54N4O7. The first-order valence-corrected chi connectivity index (χ1v) is 16.7. The van der Waals surface area contributed by atoms with Crippen molar-refractivity contribution in [3.05, 3.63) is 36.0 Å². The maximum atomic E-state index is 13.9. The highest BCUT2D eigenvalue weighted by Crippen LogP contribution is 2.31. The summed E-state index contributed by atoms with van der Waals surface area (Å²) in [6.45, 7) is 12.8. The van der Waals surface area contributed by atoms with Crippen LogP contribution in [0.1, 0.15) is 99.0 Å². The molecule has 1 saturated carbocycles. The van der Waals surface area contributed by atoms with E-state index in [1.54, 1.807) is 13.8 Å². The van der Waals surface area contributed by atoms with Crippen molar-refractivity contribution in [2.45, 2.75) is 135 Å². The summed E-state index contributed by atoms with van der Waals surface area (Å²) in [4.78, 5) is 56.4. The number of hydrogen-bond acceptors (Lipinski definition) is 8. The van der Waals surface area contributed by atoms with Crippen LogP contribution in [0.5, 0.6) is 0 Å². The van der Waals surface area contributed by atoms with E-state index in [2.05, 4.69) is 20.9 Å². The lowest BCUT2D eigenvalue weighted by atomic mass is 9.81. The van der Waals surface area contributed by atoms with Gasteiger partial charge in [0.15, 0.2) is 0 Å². The summed E-state index contributed by atoms with van der Waals surface area (Å²) in [5.74, 6) is -2.08. The Labute approximate surface area is 272 Å². The fourth-order valence-electron chi connectivity index (χ4n) is 6.02. The molecule has 256 valence electrons. The molecule has 0 radical (unpaired) electrons. The zero-order valence-electron chi connectivity index (χ0n) is 28.5. The molecule has 1 heterocycles. The van der Waals surface area contributed by atoms with Crippen molar-refractivity contribution in [3.63, 3.8) is 0 Å². The number of aromatic amines is 1. The third-order valence-corrected chi connectivity index (χ3v) is 8.76. The Morgan fingerprint density at radius 3 is 2.30 bits per heavy atom. The molecule has 1 aliphatic carbocycles. The summed E-state index contributed by atoms with van der Waals surface area (Å²) in [5, 5.41) is 21.2. The molecule has 3 rings (SSSR count). The average Bonchev–Trinajstić information content (AvgIpc) is 3.41. The minimum Gasteiger partial charge on any atom is -0.466 e. The van der Waals surface area contributed by atoms with Gasteiger partial charge in [0, 0.05) is 17.1 Å². The SMILES string of the molecule is CCOC(=O)CC(O)[C@H](Cc1c[nH]c2ccccc12)NC(=O)C(NC(=O)C(C)NC1(C(=O)OC(C)(C)C)CCCCC1)C(C)CC. The lowest BCUT2D eigenvalue weighted by molar-refractivity contribution is -0.165. The van der Waals surface area contributed by atoms with Crippen molar-refractivity contribution in [2.75, 3.05) is 6.61 Å². The van der Waals surface area contributed by atoms with Crippen LogP contribution in [0.4, 0.5) is 0 Å². The van der Waals surface area contributed by atoms with Crippen molar-refractivity contribution in [3.8, 4) is 0 Å². The Bertz CT molecular complexity index is 1330. The van der Waals surface area contributed by atoms with Gasteiger partial charge in [0.1, 0.15) is 17.2 Å². The van der Waals surface area contributed by atoms with Crippen LogP contribution < -0.4 is 16.0 Å². The second-order valence-corrected chi connectivity index (χ2v) is 13.6. The summed E-state index contributed by atoms with van der Waals surface area (Å²) < 4.78 is 10.8. The highest BCUT2D eigenvalue weighted by molar-refractivity contribution is 5.91. The lowest BCUT2D eigenvalue weighted by Gasteiger charge is -2.39. The van der Waals surface area contributed by atoms with E-state index in [0.717, 1.165) is 35.7 Å². The number of ether oxygens (including phenoxy) is 2. The minimum absolute atomic E-state index is 0.175. The van der Waals surface area contributed by atoms with Gasteiger partial charge < -0.3 is 30.2 Å². The fourth-order valence-corrected chi connectivity index (χ4v) is 6.02. The van der Waals surface area contributed by atoms with Gasteiger partial charge in [-0.15, -0.1) is 0 Å². The Morgan fingerprint density at radius 2 is 1.67 bits per heavy atom. The minimum atomic E-state index is -1.23. The number of aliphatic hydroxyl groups is 1. The van der Waals surface area contributed by atoms with Crippen LogP contribution in [0.25, 0.3) is 10.9 Å². The largest absolute Gasteiger partial charge is 0.466 e. The average molecular weight is 643 g/mol. The molecule has 0 aliphatic heterocycles. The summed E-state index contributed by atoms with van der Waals surface area (Å²) in [5.41, 5.74) is 0.120. The predicted octanol–water partition coefficient (Wildman–Crippen LogP) is 4.06. The Morgan fingerprint density at radius 1 is 1.00 bits per heavy atom. The van der Waals surface area contributed by atoms with Crippen molar-refractivity contribution in [1.82, 2.24) is 20.9 Å². The van der Waals surface area contributed by atoms with Gasteiger partial charge in [0.2, 0.25) is 11.8 Å². The third kappa shape index (κ3) is 10.0. The smallest absolute Gasteiger partial charge is 0.326 e. The van der Waals surface area contributed by atoms with E-state index >= 15 is 0 Å². The number of benzene rings is 1. The van der Waals surface area contributed by atoms with E-state index < -0.39 is 53.2 Å². The van der Waals surface area contributed by atoms with Crippen LogP contribution in [0.15, 0.2) is 30.5 Å². The van der Waals surface area contributed by atoms with E-state index in [1.807, 2.05) is 65.1 Å². The molecule has 1 aromatic heterocycles. The molecule has 1 aromatic carbocycles. The number of aromatic nitrogens is 1. The van der Waals surface area contributed by atoms with Crippen molar-refractivity contribution >= 4 is 34.7 Å². The number of para-hydroxylation sites is 1. The normalized spacial score (nSPS) is 18.1. The van der Waals surface area contributed by atoms with Crippen molar-refractivity contribution < 1.29 is 33.8 Å². The molecule has 2 amide bonds. The maximum Gasteiger partial charge on any atom is 0.326 e. The molecule has 1 fully saturated rings. The number of rotatable bonds is 15. The first-order valence-electron chi connectivity index (χ1n) is 16.7. The maximum absolute atomic E-state index is 13.9. The highest BCUT2D eigenvalue weighted by Gasteiger charge is 2.44. The first kappa shape index (κ1) is 37.0. The monoisotopic (exact) mass is 642 g/mol. The summed E-state index contributed by atoms with van der Waals surface area (Å²) >= 11 is 0. The van der Waals surface area contributed by atoms with E-state index in [-0.39, 0.29) is 31.3 Å². The van der Waals surface area contributed by atoms with Gasteiger partial charge in [0.05, 0.1) is 31.2 Å². The molecule has 11 heteroatoms. The zero-order valence-corrected chi connectivity index (χ0v) is 28.5. The second-order valence-electron chi connectivity index (χ2n) is 13.6. The van der Waals surface area contributed by atoms with Gasteiger partial charge in [-0.25, -0.2) is 0 Å². The first-order chi connectivity index (χ1) is 21.7. The highest BCUT2D eigenvalue weighted by atomic mass is 16.6. The van der Waals surface area contributed by atoms with Gasteiger partial charge in [0.25, 0.3) is 0 Å². The Balaban J connectivity index is 1.80. The molecule has 2 aromatic rings. The number of aliphatic hydroxyl groups excluding tert-OH is 1. The molecule has 0 bridgehead atoms. The van der Waals surface area contributed by atoms with Gasteiger partial charge in [-0.3, -0.25) is 24.5 Å². The Hall–Kier alpha value is -3.44. The zero-order chi connectivity index (χ0) is 34.1. The van der Waals surface area contributed by atoms with Gasteiger partial charge in [-0.05, 0) is 71.4 Å². The van der Waals surface area contributed by atoms with Crippen LogP contribution >= 0.6 is 0 Å². The number of esters is 2. The van der Waals surface area contributed by atoms with E-state index in [0.29, 0.717) is 19.3 Å². The van der Waals surface area contributed by atoms with Crippen LogP contribution in [0.2, 0.25) is 0 Å². The lowest BCUT2D eigenvalue weighted by Crippen LogP contribution is -2.63. The molecule has 46 heavy (non-hydrogen) atoms. The number of carbonyl (C=O) groups excluding carboxylic acids is 4. The van der Waals surface area contributed by atoms with Gasteiger partial charge >= 0.3 is 11.9 Å². The molecule has 5 N–H and O–H groups in total. The molecule has 0 saturated heterocycles. The van der Waals surface area contributed by atoms with Crippen LogP contribution in [-0.2, 0) is 35.1 Å². The number of H-pyrrole nitrogens is 1. The van der Waals surface area contributed by atoms with Crippen molar-refractivity contribution in [1.29, 1.82) is 0 Å². The predicted molar refractivity (Wildman–Crippen MR) is 177 cm³/mol. The quantitative estimate of drug-likeness (QED) is 0.182. The van der Waals surface area contributed by atoms with Crippen LogP contribution in [-0.4, -0.2) is 75.8 Å². The fraction of sp³-hybridized carbons (Fsp3) is 0.657. The Kier molecular flexibility index (Phi) is 13.2. The van der Waals surface area contributed by atoms with E-state index in [4.69, 9.17) is 9.47 Å². The molecule has 4 unspecified atom stereocenters. The summed E-state index contributed by atoms with van der Waals surface area (Å²) in [6.07, 6.45) is 4.94. The number of amides is 2. The second kappa shape index (κ2) is 16.4. The van der Waals surface area contributed by atoms with Crippen LogP contribution in [0, 0.1) is 5.92 Å². The summed E-state index contributed by atoms with van der Waals surface area (Å²) in [6, 6.07) is 5.15. The summed E-state index contributed by atoms with van der Waals surface area (Å²) in [7, 11) is 0. The standard InChI is InChI=1S/C35H54N4O7/c1-8-22(3)30(38-31(42)23(4)39-35(17-13-10-14-18-35)33(44)46-34(5,6)7)32(43)37-27(28(40)20-29(41)45-9-2)19-24-21-36-26-16-12-11-15-25(24)26/h11-12,15-16,21-23,27-28,30,36,39-40H,8-10,13-14,17-20H2,1-7H3,(H,37,43)(H,38,42)/t22?,23?,27-,28?,30?/m0/s1. The topological polar surface area (TPSA) is 159 Å². The number of carbonyl (C=O) groups is 4. The number of hydrogen-bond donors (Lipinski definition) is 5. The molecule has 5 atom stereocenters.